The SMILES string of the molecule is ONC1CCCOC1. The van der Waals surface area contributed by atoms with Gasteiger partial charge in [0.2, 0.25) is 0 Å². The van der Waals surface area contributed by atoms with E-state index in [0.29, 0.717) is 6.61 Å². The highest BCUT2D eigenvalue weighted by molar-refractivity contribution is 4.64. The topological polar surface area (TPSA) is 41.5 Å². The van der Waals surface area contributed by atoms with Gasteiger partial charge in [-0.15, -0.1) is 0 Å². The van der Waals surface area contributed by atoms with Crippen LogP contribution in [0.25, 0.3) is 0 Å². The van der Waals surface area contributed by atoms with Crippen molar-refractivity contribution in [3.63, 3.8) is 0 Å². The first-order chi connectivity index (χ1) is 3.93. The number of ether oxygens (including phenoxy) is 1. The molecule has 1 aliphatic rings. The van der Waals surface area contributed by atoms with E-state index in [-0.39, 0.29) is 6.04 Å². The van der Waals surface area contributed by atoms with Gasteiger partial charge in [0.05, 0.1) is 12.6 Å². The van der Waals surface area contributed by atoms with E-state index in [1.165, 1.54) is 0 Å². The van der Waals surface area contributed by atoms with Crippen LogP contribution in [0.3, 0.4) is 0 Å². The van der Waals surface area contributed by atoms with E-state index in [2.05, 4.69) is 5.48 Å². The molecular weight excluding hydrogens is 106 g/mol. The van der Waals surface area contributed by atoms with Crippen LogP contribution >= 0.6 is 0 Å². The summed E-state index contributed by atoms with van der Waals surface area (Å²) in [6, 6.07) is 0.170. The van der Waals surface area contributed by atoms with Gasteiger partial charge in [0.25, 0.3) is 0 Å². The van der Waals surface area contributed by atoms with Gasteiger partial charge < -0.3 is 9.94 Å². The fourth-order valence-corrected chi connectivity index (χ4v) is 0.843. The fourth-order valence-electron chi connectivity index (χ4n) is 0.843. The predicted octanol–water partition coefficient (Wildman–Crippen LogP) is 0.144. The van der Waals surface area contributed by atoms with Crippen LogP contribution in [-0.4, -0.2) is 24.5 Å². The lowest BCUT2D eigenvalue weighted by Gasteiger charge is -2.19. The largest absolute Gasteiger partial charge is 0.380 e. The van der Waals surface area contributed by atoms with Gasteiger partial charge in [0, 0.05) is 6.61 Å². The van der Waals surface area contributed by atoms with Crippen molar-refractivity contribution in [2.45, 2.75) is 18.9 Å². The molecule has 0 aromatic carbocycles. The zero-order valence-electron chi connectivity index (χ0n) is 4.76. The van der Waals surface area contributed by atoms with Gasteiger partial charge >= 0.3 is 0 Å². The summed E-state index contributed by atoms with van der Waals surface area (Å²) in [5, 5.41) is 8.36. The van der Waals surface area contributed by atoms with E-state index in [1.807, 2.05) is 0 Å². The number of nitrogens with one attached hydrogen (secondary N) is 1. The molecule has 0 radical (unpaired) electrons. The van der Waals surface area contributed by atoms with Crippen LogP contribution in [0.4, 0.5) is 0 Å². The van der Waals surface area contributed by atoms with Crippen LogP contribution in [0, 0.1) is 0 Å². The molecule has 1 aliphatic heterocycles. The van der Waals surface area contributed by atoms with E-state index in [1.54, 1.807) is 0 Å². The van der Waals surface area contributed by atoms with Gasteiger partial charge in [-0.3, -0.25) is 0 Å². The Morgan fingerprint density at radius 3 is 2.88 bits per heavy atom. The second-order valence-electron chi connectivity index (χ2n) is 2.04. The predicted molar refractivity (Wildman–Crippen MR) is 28.8 cm³/mol. The van der Waals surface area contributed by atoms with Crippen molar-refractivity contribution in [3.8, 4) is 0 Å². The third-order valence-electron chi connectivity index (χ3n) is 1.34. The Morgan fingerprint density at radius 1 is 1.62 bits per heavy atom. The van der Waals surface area contributed by atoms with Crippen molar-refractivity contribution < 1.29 is 9.94 Å². The maximum Gasteiger partial charge on any atom is 0.0642 e. The van der Waals surface area contributed by atoms with E-state index >= 15 is 0 Å². The summed E-state index contributed by atoms with van der Waals surface area (Å²) in [7, 11) is 0. The smallest absolute Gasteiger partial charge is 0.0642 e. The van der Waals surface area contributed by atoms with Crippen molar-refractivity contribution in [1.29, 1.82) is 0 Å². The summed E-state index contributed by atoms with van der Waals surface area (Å²) in [6.07, 6.45) is 2.08. The summed E-state index contributed by atoms with van der Waals surface area (Å²) in [5.41, 5.74) is 2.18. The molecule has 48 valence electrons. The molecule has 3 nitrogen and oxygen atoms in total. The third kappa shape index (κ3) is 1.43. The zero-order chi connectivity index (χ0) is 5.82. The molecule has 0 spiro atoms. The first kappa shape index (κ1) is 6.01. The van der Waals surface area contributed by atoms with Gasteiger partial charge in [-0.1, -0.05) is 0 Å². The second kappa shape index (κ2) is 3.02. The van der Waals surface area contributed by atoms with Gasteiger partial charge in [0.1, 0.15) is 0 Å². The van der Waals surface area contributed by atoms with Crippen molar-refractivity contribution >= 4 is 0 Å². The molecular formula is C5H11NO2. The highest BCUT2D eigenvalue weighted by Gasteiger charge is 2.10. The van der Waals surface area contributed by atoms with Gasteiger partial charge in [-0.25, -0.2) is 5.48 Å². The molecule has 0 bridgehead atoms. The fraction of sp³-hybridized carbons (Fsp3) is 1.00. The Balaban J connectivity index is 2.13. The summed E-state index contributed by atoms with van der Waals surface area (Å²) < 4.78 is 5.05. The minimum atomic E-state index is 0.170. The second-order valence-corrected chi connectivity index (χ2v) is 2.04. The molecule has 8 heavy (non-hydrogen) atoms. The average molecular weight is 117 g/mol. The van der Waals surface area contributed by atoms with Gasteiger partial charge in [0.15, 0.2) is 0 Å². The number of rotatable bonds is 1. The van der Waals surface area contributed by atoms with Crippen molar-refractivity contribution in [2.75, 3.05) is 13.2 Å². The van der Waals surface area contributed by atoms with Crippen LogP contribution in [0.5, 0.6) is 0 Å². The number of hydroxylamine groups is 1. The summed E-state index contributed by atoms with van der Waals surface area (Å²) >= 11 is 0. The highest BCUT2D eigenvalue weighted by Crippen LogP contribution is 2.03. The van der Waals surface area contributed by atoms with Gasteiger partial charge in [-0.2, -0.15) is 0 Å². The van der Waals surface area contributed by atoms with Crippen LogP contribution in [0.1, 0.15) is 12.8 Å². The summed E-state index contributed by atoms with van der Waals surface area (Å²) in [5.74, 6) is 0. The van der Waals surface area contributed by atoms with Crippen LogP contribution in [0.2, 0.25) is 0 Å². The summed E-state index contributed by atoms with van der Waals surface area (Å²) in [4.78, 5) is 0. The lowest BCUT2D eigenvalue weighted by molar-refractivity contribution is 0.0154. The Kier molecular flexibility index (Phi) is 2.27. The first-order valence-electron chi connectivity index (χ1n) is 2.91. The number of hydrogen-bond acceptors (Lipinski definition) is 3. The Labute approximate surface area is 48.6 Å². The molecule has 2 N–H and O–H groups in total. The molecule has 0 aromatic heterocycles. The molecule has 0 amide bonds. The van der Waals surface area contributed by atoms with Crippen molar-refractivity contribution in [1.82, 2.24) is 5.48 Å². The van der Waals surface area contributed by atoms with E-state index in [4.69, 9.17) is 9.94 Å². The zero-order valence-corrected chi connectivity index (χ0v) is 4.76. The van der Waals surface area contributed by atoms with Crippen LogP contribution < -0.4 is 5.48 Å². The molecule has 1 saturated heterocycles. The van der Waals surface area contributed by atoms with E-state index in [0.717, 1.165) is 19.4 Å². The van der Waals surface area contributed by atoms with Crippen molar-refractivity contribution in [2.24, 2.45) is 0 Å². The minimum Gasteiger partial charge on any atom is -0.380 e. The Morgan fingerprint density at radius 2 is 2.50 bits per heavy atom. The number of hydrogen-bond donors (Lipinski definition) is 2. The molecule has 0 saturated carbocycles. The first-order valence-corrected chi connectivity index (χ1v) is 2.91. The molecule has 1 heterocycles. The lowest BCUT2D eigenvalue weighted by atomic mass is 10.1. The average Bonchev–Trinajstić information content (AvgIpc) is 1.90. The molecule has 0 aliphatic carbocycles. The Hall–Kier alpha value is -0.120. The maximum atomic E-state index is 8.36. The lowest BCUT2D eigenvalue weighted by Crippen LogP contribution is -2.34. The third-order valence-corrected chi connectivity index (χ3v) is 1.34. The molecule has 1 atom stereocenters. The molecule has 0 aromatic rings. The van der Waals surface area contributed by atoms with Crippen molar-refractivity contribution in [3.05, 3.63) is 0 Å². The standard InChI is InChI=1S/C5H11NO2/c7-6-5-2-1-3-8-4-5/h5-7H,1-4H2. The quantitative estimate of drug-likeness (QED) is 0.480. The van der Waals surface area contributed by atoms with E-state index in [9.17, 15) is 0 Å². The van der Waals surface area contributed by atoms with Crippen LogP contribution in [0.15, 0.2) is 0 Å². The minimum absolute atomic E-state index is 0.170. The summed E-state index contributed by atoms with van der Waals surface area (Å²) in [6.45, 7) is 1.49. The van der Waals surface area contributed by atoms with Gasteiger partial charge in [-0.05, 0) is 12.8 Å². The highest BCUT2D eigenvalue weighted by atomic mass is 16.5. The monoisotopic (exact) mass is 117 g/mol. The molecule has 1 rings (SSSR count). The van der Waals surface area contributed by atoms with Crippen LogP contribution in [-0.2, 0) is 4.74 Å². The molecule has 3 heteroatoms. The molecule has 1 unspecified atom stereocenters. The van der Waals surface area contributed by atoms with E-state index < -0.39 is 0 Å². The molecule has 1 fully saturated rings. The Bertz CT molecular complexity index is 61.4. The maximum absolute atomic E-state index is 8.36. The normalized spacial score (nSPS) is 30.4.